The van der Waals surface area contributed by atoms with Crippen LogP contribution in [0, 0.1) is 5.41 Å². The molecule has 15 nitrogen and oxygen atoms in total. The van der Waals surface area contributed by atoms with E-state index in [1.807, 2.05) is 13.1 Å². The molecule has 2 amide bonds. The summed E-state index contributed by atoms with van der Waals surface area (Å²) in [5.74, 6) is -1.43. The number of carbonyl (C=O) groups excluding carboxylic acids is 2. The van der Waals surface area contributed by atoms with Gasteiger partial charge in [0.2, 0.25) is 0 Å². The van der Waals surface area contributed by atoms with Gasteiger partial charge in [-0.2, -0.15) is 0 Å². The number of piperazine rings is 1. The van der Waals surface area contributed by atoms with Crippen LogP contribution in [-0.4, -0.2) is 142 Å². The van der Waals surface area contributed by atoms with Gasteiger partial charge in [-0.15, -0.1) is 0 Å². The molecule has 15 heteroatoms. The van der Waals surface area contributed by atoms with Gasteiger partial charge in [0.25, 0.3) is 5.91 Å². The number of aliphatic carboxylic acids is 1. The number of carboxylic acid groups (broad SMARTS) is 1. The van der Waals surface area contributed by atoms with Crippen LogP contribution in [0.2, 0.25) is 0 Å². The molecule has 0 bridgehead atoms. The minimum absolute atomic E-state index is 0.0249. The Morgan fingerprint density at radius 2 is 1.76 bits per heavy atom. The van der Waals surface area contributed by atoms with E-state index in [2.05, 4.69) is 81.1 Å². The molecule has 3 fully saturated rings. The number of methoxy groups -OCH3 is 1. The quantitative estimate of drug-likeness (QED) is 0.145. The highest BCUT2D eigenvalue weighted by atomic mass is 16.6. The van der Waals surface area contributed by atoms with E-state index in [0.29, 0.717) is 38.9 Å². The van der Waals surface area contributed by atoms with Crippen molar-refractivity contribution in [2.75, 3.05) is 71.0 Å². The van der Waals surface area contributed by atoms with Gasteiger partial charge < -0.3 is 34.5 Å². The van der Waals surface area contributed by atoms with Gasteiger partial charge in [0, 0.05) is 95.1 Å². The Kier molecular flexibility index (Phi) is 14.2. The lowest BCUT2D eigenvalue weighted by atomic mass is 9.84. The molecule has 1 aromatic carbocycles. The molecule has 2 unspecified atom stereocenters. The second kappa shape index (κ2) is 19.3. The molecule has 3 atom stereocenters. The lowest BCUT2D eigenvalue weighted by molar-refractivity contribution is -0.148. The number of aryl methyl sites for hydroxylation is 1. The number of benzene rings is 1. The Morgan fingerprint density at radius 1 is 1.02 bits per heavy atom. The van der Waals surface area contributed by atoms with E-state index in [9.17, 15) is 24.6 Å². The zero-order valence-electron chi connectivity index (χ0n) is 38.7. The summed E-state index contributed by atoms with van der Waals surface area (Å²) in [6.45, 7) is 20.3. The number of hydrogen-bond donors (Lipinski definition) is 4. The number of aliphatic hydroxyl groups is 1. The first-order chi connectivity index (χ1) is 30.0. The van der Waals surface area contributed by atoms with Crippen molar-refractivity contribution >= 4 is 40.1 Å². The first kappa shape index (κ1) is 46.5. The topological polar surface area (TPSA) is 165 Å². The third kappa shape index (κ3) is 10.9. The first-order valence-corrected chi connectivity index (χ1v) is 23.0. The standard InChI is InChI=1S/C48H70N8O7/c1-9-55-41-17-14-32(33-12-10-18-52(28-33)29-40(50-46(61)63-47(3,4)5)44(58)56-19-11-13-39(51-56)45(59)60)24-36(41)38(26-48(6,7)30-57)43(55)37-25-35(27-49-42(37)31(2)62-8)54-22-20-53(21-23-54)34-15-16-34/h12,14,17,24-25,27,31,34,39-40,51,57H,9-11,13,15-16,18-23,26,28-30H2,1-8H3,(H,50,61)(H,59,60)/t31-,39?,40?/m0/s1. The molecule has 4 aliphatic rings. The van der Waals surface area contributed by atoms with Crippen LogP contribution in [0.25, 0.3) is 27.7 Å². The Bertz CT molecular complexity index is 2170. The summed E-state index contributed by atoms with van der Waals surface area (Å²) in [5.41, 5.74) is 10.2. The van der Waals surface area contributed by atoms with Crippen LogP contribution in [0.15, 0.2) is 36.5 Å². The number of fused-ring (bicyclic) bond motifs is 1. The summed E-state index contributed by atoms with van der Waals surface area (Å²) in [7, 11) is 1.73. The molecule has 1 aliphatic carbocycles. The summed E-state index contributed by atoms with van der Waals surface area (Å²) >= 11 is 0. The molecule has 2 aromatic heterocycles. The summed E-state index contributed by atoms with van der Waals surface area (Å²) in [6, 6.07) is 7.86. The van der Waals surface area contributed by atoms with Crippen molar-refractivity contribution in [3.63, 3.8) is 0 Å². The zero-order valence-corrected chi connectivity index (χ0v) is 38.7. The van der Waals surface area contributed by atoms with Crippen LogP contribution in [0.1, 0.15) is 103 Å². The molecule has 4 N–H and O–H groups in total. The van der Waals surface area contributed by atoms with Gasteiger partial charge in [-0.25, -0.2) is 10.2 Å². The highest BCUT2D eigenvalue weighted by Crippen LogP contribution is 2.43. The van der Waals surface area contributed by atoms with Gasteiger partial charge in [0.1, 0.15) is 17.7 Å². The van der Waals surface area contributed by atoms with Gasteiger partial charge in [-0.1, -0.05) is 26.0 Å². The van der Waals surface area contributed by atoms with Crippen LogP contribution in [0.3, 0.4) is 0 Å². The number of aliphatic hydroxyl groups excluding tert-OH is 1. The third-order valence-corrected chi connectivity index (χ3v) is 13.0. The van der Waals surface area contributed by atoms with Crippen molar-refractivity contribution in [1.82, 2.24) is 35.1 Å². The molecule has 7 rings (SSSR count). The Hall–Kier alpha value is -4.54. The molecule has 344 valence electrons. The molecule has 1 saturated carbocycles. The van der Waals surface area contributed by atoms with Crippen molar-refractivity contribution in [2.45, 2.75) is 123 Å². The van der Waals surface area contributed by atoms with E-state index >= 15 is 0 Å². The average Bonchev–Trinajstić information content (AvgIpc) is 4.08. The number of hydrazine groups is 1. The predicted octanol–water partition coefficient (Wildman–Crippen LogP) is 5.84. The normalized spacial score (nSPS) is 20.4. The van der Waals surface area contributed by atoms with E-state index in [4.69, 9.17) is 14.5 Å². The highest BCUT2D eigenvalue weighted by Gasteiger charge is 2.36. The number of pyridine rings is 1. The fraction of sp³-hybridized carbons (Fsp3) is 0.625. The van der Waals surface area contributed by atoms with Crippen LogP contribution in [-0.2, 0) is 32.0 Å². The summed E-state index contributed by atoms with van der Waals surface area (Å²) in [6.07, 6.45) is 8.23. The highest BCUT2D eigenvalue weighted by molar-refractivity contribution is 5.95. The van der Waals surface area contributed by atoms with Crippen LogP contribution < -0.4 is 15.6 Å². The second-order valence-electron chi connectivity index (χ2n) is 19.7. The number of ether oxygens (including phenoxy) is 2. The average molecular weight is 871 g/mol. The molecule has 63 heavy (non-hydrogen) atoms. The maximum absolute atomic E-state index is 14.1. The van der Waals surface area contributed by atoms with Crippen molar-refractivity contribution in [1.29, 1.82) is 0 Å². The van der Waals surface area contributed by atoms with Gasteiger partial charge >= 0.3 is 12.1 Å². The third-order valence-electron chi connectivity index (χ3n) is 13.0. The van der Waals surface area contributed by atoms with E-state index in [1.165, 1.54) is 17.9 Å². The fourth-order valence-electron chi connectivity index (χ4n) is 9.40. The number of carbonyl (C=O) groups is 3. The lowest BCUT2D eigenvalue weighted by Gasteiger charge is -2.36. The van der Waals surface area contributed by atoms with Crippen LogP contribution >= 0.6 is 0 Å². The molecule has 3 aromatic rings. The SMILES string of the molecule is CCn1c(-c2cc(N3CCN(C4CC4)CC3)cnc2[C@H](C)OC)c(CC(C)(C)CO)c2cc(C3=CCCN(CC(NC(=O)OC(C)(C)C)C(=O)N4CCCC(C(=O)O)N4)C3)ccc21. The molecule has 0 radical (unpaired) electrons. The maximum atomic E-state index is 14.1. The van der Waals surface area contributed by atoms with E-state index in [1.54, 1.807) is 27.9 Å². The molecular formula is C48H70N8O7. The predicted molar refractivity (Wildman–Crippen MR) is 245 cm³/mol. The van der Waals surface area contributed by atoms with Crippen molar-refractivity contribution in [3.8, 4) is 11.3 Å². The minimum atomic E-state index is -1.02. The van der Waals surface area contributed by atoms with Crippen LogP contribution in [0.5, 0.6) is 0 Å². The van der Waals surface area contributed by atoms with Crippen molar-refractivity contribution < 1.29 is 34.1 Å². The summed E-state index contributed by atoms with van der Waals surface area (Å²) in [5, 5.41) is 25.6. The minimum Gasteiger partial charge on any atom is -0.480 e. The lowest BCUT2D eigenvalue weighted by Crippen LogP contribution is -2.62. The Morgan fingerprint density at radius 3 is 2.41 bits per heavy atom. The fourth-order valence-corrected chi connectivity index (χ4v) is 9.40. The summed E-state index contributed by atoms with van der Waals surface area (Å²) in [4.78, 5) is 51.4. The van der Waals surface area contributed by atoms with Crippen molar-refractivity contribution in [2.24, 2.45) is 5.41 Å². The number of nitrogens with one attached hydrogen (secondary N) is 2. The van der Waals surface area contributed by atoms with Crippen molar-refractivity contribution in [3.05, 3.63) is 53.4 Å². The van der Waals surface area contributed by atoms with Gasteiger partial charge in [0.05, 0.1) is 29.4 Å². The number of aromatic nitrogens is 2. The van der Waals surface area contributed by atoms with Gasteiger partial charge in [-0.3, -0.25) is 29.4 Å². The largest absolute Gasteiger partial charge is 0.480 e. The second-order valence-corrected chi connectivity index (χ2v) is 19.7. The number of anilines is 1. The Labute approximate surface area is 372 Å². The van der Waals surface area contributed by atoms with E-state index in [0.717, 1.165) is 95.4 Å². The zero-order chi connectivity index (χ0) is 45.2. The Balaban J connectivity index is 1.22. The molecule has 5 heterocycles. The molecular weight excluding hydrogens is 801 g/mol. The van der Waals surface area contributed by atoms with Crippen LogP contribution in [0.4, 0.5) is 10.5 Å². The molecule has 0 spiro atoms. The van der Waals surface area contributed by atoms with E-state index < -0.39 is 41.1 Å². The monoisotopic (exact) mass is 871 g/mol. The van der Waals surface area contributed by atoms with Gasteiger partial charge in [0.15, 0.2) is 0 Å². The maximum Gasteiger partial charge on any atom is 0.408 e. The number of rotatable bonds is 15. The number of carboxylic acids is 1. The number of alkyl carbamates (subject to hydrolysis) is 1. The number of hydrogen-bond acceptors (Lipinski definition) is 11. The smallest absolute Gasteiger partial charge is 0.408 e. The first-order valence-electron chi connectivity index (χ1n) is 23.0. The molecule has 3 aliphatic heterocycles. The number of amides is 2. The number of nitrogens with zero attached hydrogens (tertiary/aromatic N) is 6. The molecule has 2 saturated heterocycles. The summed E-state index contributed by atoms with van der Waals surface area (Å²) < 4.78 is 13.9. The van der Waals surface area contributed by atoms with E-state index in [-0.39, 0.29) is 19.3 Å². The van der Waals surface area contributed by atoms with Gasteiger partial charge in [-0.05, 0) is 113 Å².